The third kappa shape index (κ3) is 5.82. The molecule has 1 heterocycles. The minimum absolute atomic E-state index is 0.0704. The summed E-state index contributed by atoms with van der Waals surface area (Å²) in [5.74, 6) is -1.17. The minimum atomic E-state index is -1.11. The van der Waals surface area contributed by atoms with E-state index in [0.717, 1.165) is 6.07 Å². The highest BCUT2D eigenvalue weighted by atomic mass is 35.5. The number of nitrogens with one attached hydrogen (secondary N) is 1. The molecule has 0 fully saturated rings. The van der Waals surface area contributed by atoms with E-state index < -0.39 is 17.8 Å². The van der Waals surface area contributed by atoms with Gasteiger partial charge in [-0.2, -0.15) is 4.98 Å². The van der Waals surface area contributed by atoms with Crippen LogP contribution in [0.1, 0.15) is 42.6 Å². The van der Waals surface area contributed by atoms with Crippen molar-refractivity contribution in [2.24, 2.45) is 0 Å². The standard InChI is InChI=1S/C16H17ClFN3O4/c1-9-19-15(25-21-9)4-2-3-14(22)20-13(8-16(23)24)10-5-6-11(17)12(18)7-10/h5-7,13H,2-4,8H2,1H3,(H,20,22)(H,23,24). The number of halogens is 2. The number of hydrogen-bond acceptors (Lipinski definition) is 5. The normalized spacial score (nSPS) is 12.0. The van der Waals surface area contributed by atoms with E-state index in [4.69, 9.17) is 21.2 Å². The maximum absolute atomic E-state index is 13.6. The van der Waals surface area contributed by atoms with Gasteiger partial charge in [-0.05, 0) is 31.0 Å². The quantitative estimate of drug-likeness (QED) is 0.741. The van der Waals surface area contributed by atoms with Crippen LogP contribution in [0.5, 0.6) is 0 Å². The van der Waals surface area contributed by atoms with Gasteiger partial charge in [-0.25, -0.2) is 4.39 Å². The highest BCUT2D eigenvalue weighted by molar-refractivity contribution is 6.30. The molecule has 2 rings (SSSR count). The van der Waals surface area contributed by atoms with Crippen LogP contribution in [-0.2, 0) is 16.0 Å². The van der Waals surface area contributed by atoms with Gasteiger partial charge in [0.2, 0.25) is 11.8 Å². The van der Waals surface area contributed by atoms with Crippen LogP contribution in [0.2, 0.25) is 5.02 Å². The Labute approximate surface area is 148 Å². The fraction of sp³-hybridized carbons (Fsp3) is 0.375. The summed E-state index contributed by atoms with van der Waals surface area (Å²) in [7, 11) is 0. The highest BCUT2D eigenvalue weighted by Gasteiger charge is 2.19. The van der Waals surface area contributed by atoms with Crippen LogP contribution >= 0.6 is 11.6 Å². The number of aromatic nitrogens is 2. The van der Waals surface area contributed by atoms with Crippen molar-refractivity contribution < 1.29 is 23.6 Å². The Balaban J connectivity index is 1.94. The molecule has 0 aliphatic rings. The maximum Gasteiger partial charge on any atom is 0.305 e. The van der Waals surface area contributed by atoms with Gasteiger partial charge in [0.1, 0.15) is 5.82 Å². The van der Waals surface area contributed by atoms with Crippen molar-refractivity contribution in [2.45, 2.75) is 38.6 Å². The third-order valence-corrected chi connectivity index (χ3v) is 3.73. The molecule has 0 aliphatic carbocycles. The average molecular weight is 370 g/mol. The lowest BCUT2D eigenvalue weighted by Crippen LogP contribution is -2.30. The number of aryl methyl sites for hydroxylation is 2. The summed E-state index contributed by atoms with van der Waals surface area (Å²) in [4.78, 5) is 27.1. The molecule has 2 aromatic rings. The molecule has 0 radical (unpaired) electrons. The summed E-state index contributed by atoms with van der Waals surface area (Å²) >= 11 is 5.63. The van der Waals surface area contributed by atoms with Crippen LogP contribution in [0.3, 0.4) is 0 Å². The molecular weight excluding hydrogens is 353 g/mol. The van der Waals surface area contributed by atoms with E-state index in [1.807, 2.05) is 0 Å². The number of carbonyl (C=O) groups is 2. The molecular formula is C16H17ClFN3O4. The zero-order valence-corrected chi connectivity index (χ0v) is 14.2. The van der Waals surface area contributed by atoms with E-state index in [0.29, 0.717) is 30.1 Å². The van der Waals surface area contributed by atoms with Crippen molar-refractivity contribution in [2.75, 3.05) is 0 Å². The molecule has 134 valence electrons. The molecule has 0 aliphatic heterocycles. The Hall–Kier alpha value is -2.48. The van der Waals surface area contributed by atoms with Crippen LogP contribution in [0.25, 0.3) is 0 Å². The first-order chi connectivity index (χ1) is 11.8. The molecule has 25 heavy (non-hydrogen) atoms. The van der Waals surface area contributed by atoms with E-state index in [1.165, 1.54) is 12.1 Å². The first-order valence-corrected chi connectivity index (χ1v) is 7.98. The fourth-order valence-electron chi connectivity index (χ4n) is 2.26. The highest BCUT2D eigenvalue weighted by Crippen LogP contribution is 2.22. The second-order valence-corrected chi connectivity index (χ2v) is 5.89. The van der Waals surface area contributed by atoms with Crippen LogP contribution in [0.15, 0.2) is 22.7 Å². The minimum Gasteiger partial charge on any atom is -0.481 e. The van der Waals surface area contributed by atoms with Gasteiger partial charge >= 0.3 is 5.97 Å². The molecule has 0 saturated heterocycles. The average Bonchev–Trinajstić information content (AvgIpc) is 2.94. The summed E-state index contributed by atoms with van der Waals surface area (Å²) in [6, 6.07) is 3.09. The van der Waals surface area contributed by atoms with Gasteiger partial charge in [0.25, 0.3) is 0 Å². The van der Waals surface area contributed by atoms with E-state index in [9.17, 15) is 14.0 Å². The monoisotopic (exact) mass is 369 g/mol. The van der Waals surface area contributed by atoms with Gasteiger partial charge in [-0.3, -0.25) is 9.59 Å². The molecule has 1 aromatic carbocycles. The van der Waals surface area contributed by atoms with Gasteiger partial charge in [-0.15, -0.1) is 0 Å². The number of hydrogen-bond donors (Lipinski definition) is 2. The van der Waals surface area contributed by atoms with Crippen molar-refractivity contribution in [3.05, 3.63) is 46.3 Å². The molecule has 1 unspecified atom stereocenters. The number of carbonyl (C=O) groups excluding carboxylic acids is 1. The Bertz CT molecular complexity index is 766. The van der Waals surface area contributed by atoms with Gasteiger partial charge in [-0.1, -0.05) is 22.8 Å². The zero-order chi connectivity index (χ0) is 18.4. The SMILES string of the molecule is Cc1noc(CCCC(=O)NC(CC(=O)O)c2ccc(Cl)c(F)c2)n1. The number of rotatable bonds is 8. The topological polar surface area (TPSA) is 105 Å². The van der Waals surface area contributed by atoms with Crippen molar-refractivity contribution >= 4 is 23.5 Å². The van der Waals surface area contributed by atoms with Crippen molar-refractivity contribution in [1.29, 1.82) is 0 Å². The lowest BCUT2D eigenvalue weighted by molar-refractivity contribution is -0.137. The van der Waals surface area contributed by atoms with Gasteiger partial charge in [0, 0.05) is 12.8 Å². The Kier molecular flexibility index (Phi) is 6.46. The molecule has 0 spiro atoms. The van der Waals surface area contributed by atoms with E-state index >= 15 is 0 Å². The largest absolute Gasteiger partial charge is 0.481 e. The van der Waals surface area contributed by atoms with Gasteiger partial charge in [0.05, 0.1) is 17.5 Å². The number of carboxylic acids is 1. The molecule has 1 atom stereocenters. The number of aliphatic carboxylic acids is 1. The maximum atomic E-state index is 13.6. The number of amides is 1. The predicted octanol–water partition coefficient (Wildman–Crippen LogP) is 2.83. The first kappa shape index (κ1) is 18.9. The van der Waals surface area contributed by atoms with Gasteiger partial charge < -0.3 is 14.9 Å². The summed E-state index contributed by atoms with van der Waals surface area (Å²) in [6.45, 7) is 1.70. The Morgan fingerprint density at radius 3 is 2.80 bits per heavy atom. The van der Waals surface area contributed by atoms with Crippen LogP contribution in [0.4, 0.5) is 4.39 Å². The summed E-state index contributed by atoms with van der Waals surface area (Å²) < 4.78 is 18.5. The second-order valence-electron chi connectivity index (χ2n) is 5.48. The van der Waals surface area contributed by atoms with E-state index in [-0.39, 0.29) is 23.8 Å². The summed E-state index contributed by atoms with van der Waals surface area (Å²) in [5, 5.41) is 15.2. The molecule has 2 N–H and O–H groups in total. The predicted molar refractivity (Wildman–Crippen MR) is 86.5 cm³/mol. The second kappa shape index (κ2) is 8.57. The summed E-state index contributed by atoms with van der Waals surface area (Å²) in [5.41, 5.74) is 0.338. The molecule has 7 nitrogen and oxygen atoms in total. The molecule has 0 bridgehead atoms. The molecule has 9 heteroatoms. The van der Waals surface area contributed by atoms with E-state index in [1.54, 1.807) is 6.92 Å². The lowest BCUT2D eigenvalue weighted by Gasteiger charge is -2.17. The Morgan fingerprint density at radius 1 is 1.44 bits per heavy atom. The number of nitrogens with zero attached hydrogens (tertiary/aromatic N) is 2. The van der Waals surface area contributed by atoms with Crippen molar-refractivity contribution in [3.8, 4) is 0 Å². The summed E-state index contributed by atoms with van der Waals surface area (Å²) in [6.07, 6.45) is 0.680. The first-order valence-electron chi connectivity index (χ1n) is 7.60. The number of benzene rings is 1. The fourth-order valence-corrected chi connectivity index (χ4v) is 2.38. The third-order valence-electron chi connectivity index (χ3n) is 3.42. The zero-order valence-electron chi connectivity index (χ0n) is 13.5. The lowest BCUT2D eigenvalue weighted by atomic mass is 10.0. The van der Waals surface area contributed by atoms with Crippen LogP contribution < -0.4 is 5.32 Å². The number of carboxylic acid groups (broad SMARTS) is 1. The smallest absolute Gasteiger partial charge is 0.305 e. The molecule has 0 saturated carbocycles. The Morgan fingerprint density at radius 2 is 2.20 bits per heavy atom. The van der Waals surface area contributed by atoms with Gasteiger partial charge in [0.15, 0.2) is 5.82 Å². The van der Waals surface area contributed by atoms with Crippen molar-refractivity contribution in [1.82, 2.24) is 15.5 Å². The molecule has 1 amide bonds. The van der Waals surface area contributed by atoms with Crippen molar-refractivity contribution in [3.63, 3.8) is 0 Å². The molecule has 1 aromatic heterocycles. The van der Waals surface area contributed by atoms with E-state index in [2.05, 4.69) is 15.5 Å². The van der Waals surface area contributed by atoms with Crippen LogP contribution in [-0.4, -0.2) is 27.1 Å². The van der Waals surface area contributed by atoms with Crippen LogP contribution in [0, 0.1) is 12.7 Å².